The van der Waals surface area contributed by atoms with Gasteiger partial charge in [-0.3, -0.25) is 0 Å². The van der Waals surface area contributed by atoms with Crippen LogP contribution in [0, 0.1) is 0 Å². The van der Waals surface area contributed by atoms with Gasteiger partial charge in [-0.1, -0.05) is 19.8 Å². The quantitative estimate of drug-likeness (QED) is 0.436. The van der Waals surface area contributed by atoms with Gasteiger partial charge in [0.2, 0.25) is 7.42 Å². The van der Waals surface area contributed by atoms with Gasteiger partial charge in [0.25, 0.3) is 0 Å². The maximum atomic E-state index is 5.56. The fraction of sp³-hybridized carbons (Fsp3) is 1.00. The van der Waals surface area contributed by atoms with Crippen LogP contribution in [0.5, 0.6) is 0 Å². The van der Waals surface area contributed by atoms with Gasteiger partial charge in [0.15, 0.2) is 0 Å². The van der Waals surface area contributed by atoms with E-state index in [0.717, 1.165) is 6.04 Å². The van der Waals surface area contributed by atoms with E-state index in [4.69, 9.17) is 22.2 Å². The normalized spacial score (nSPS) is 10.3. The van der Waals surface area contributed by atoms with Gasteiger partial charge in [0.05, 0.1) is 0 Å². The highest BCUT2D eigenvalue weighted by atomic mass is 35.7. The predicted octanol–water partition coefficient (Wildman–Crippen LogP) is 2.48. The lowest BCUT2D eigenvalue weighted by Gasteiger charge is -1.92. The van der Waals surface area contributed by atoms with E-state index >= 15 is 0 Å². The molecule has 0 radical (unpaired) electrons. The van der Waals surface area contributed by atoms with E-state index in [0.29, 0.717) is 0 Å². The maximum Gasteiger partial charge on any atom is 0.237 e. The molecule has 0 saturated heterocycles. The number of hydrogen-bond donors (Lipinski definition) is 0. The highest BCUT2D eigenvalue weighted by Gasteiger charge is 1.97. The third-order valence-electron chi connectivity index (χ3n) is 0.776. The van der Waals surface area contributed by atoms with Crippen LogP contribution >= 0.6 is 22.2 Å². The summed E-state index contributed by atoms with van der Waals surface area (Å²) < 4.78 is 0. The molecule has 0 atom stereocenters. The van der Waals surface area contributed by atoms with Crippen LogP contribution < -0.4 is 0 Å². The minimum absolute atomic E-state index is 1.07. The van der Waals surface area contributed by atoms with Gasteiger partial charge >= 0.3 is 0 Å². The summed E-state index contributed by atoms with van der Waals surface area (Å²) in [4.78, 5) is 0. The van der Waals surface area contributed by atoms with Crippen LogP contribution in [0.25, 0.3) is 0 Å². The topological polar surface area (TPSA) is 0 Å². The van der Waals surface area contributed by atoms with Crippen molar-refractivity contribution >= 4 is 29.6 Å². The summed E-state index contributed by atoms with van der Waals surface area (Å²) in [6.45, 7) is 2.14. The van der Waals surface area contributed by atoms with Crippen molar-refractivity contribution in [3.63, 3.8) is 0 Å². The van der Waals surface area contributed by atoms with E-state index < -0.39 is 7.42 Å². The Hall–Kier alpha value is 0.797. The Bertz CT molecular complexity index is 38.7. The molecule has 0 aliphatic heterocycles. The van der Waals surface area contributed by atoms with E-state index in [9.17, 15) is 0 Å². The highest BCUT2D eigenvalue weighted by molar-refractivity contribution is 7.33. The predicted molar refractivity (Wildman–Crippen MR) is 38.6 cm³/mol. The molecule has 0 N–H and O–H groups in total. The Balaban J connectivity index is 2.68. The molecular formula is C4H10Cl2Si. The molecule has 0 aliphatic carbocycles. The van der Waals surface area contributed by atoms with Gasteiger partial charge < -0.3 is 0 Å². The molecule has 0 aliphatic rings. The molecule has 0 aromatic heterocycles. The number of rotatable bonds is 3. The van der Waals surface area contributed by atoms with E-state index in [1.165, 1.54) is 12.8 Å². The zero-order valence-electron chi connectivity index (χ0n) is 4.45. The van der Waals surface area contributed by atoms with E-state index in [1.54, 1.807) is 0 Å². The van der Waals surface area contributed by atoms with Crippen LogP contribution in [-0.4, -0.2) is 7.42 Å². The van der Waals surface area contributed by atoms with Gasteiger partial charge in [0, 0.05) is 0 Å². The van der Waals surface area contributed by atoms with Crippen LogP contribution in [0.2, 0.25) is 6.04 Å². The second-order valence-corrected chi connectivity index (χ2v) is 6.72. The summed E-state index contributed by atoms with van der Waals surface area (Å²) in [6, 6.07) is 1.07. The van der Waals surface area contributed by atoms with Crippen molar-refractivity contribution in [1.82, 2.24) is 0 Å². The first kappa shape index (κ1) is 7.80. The average Bonchev–Trinajstić information content (AvgIpc) is 1.61. The lowest BCUT2D eigenvalue weighted by atomic mass is 10.4. The molecule has 3 heteroatoms. The van der Waals surface area contributed by atoms with E-state index in [-0.39, 0.29) is 0 Å². The summed E-state index contributed by atoms with van der Waals surface area (Å²) in [5.74, 6) is 0. The molecule has 0 saturated carbocycles. The summed E-state index contributed by atoms with van der Waals surface area (Å²) in [7, 11) is -1.24. The lowest BCUT2D eigenvalue weighted by Crippen LogP contribution is -1.88. The van der Waals surface area contributed by atoms with Crippen molar-refractivity contribution in [2.45, 2.75) is 25.8 Å². The van der Waals surface area contributed by atoms with E-state index in [2.05, 4.69) is 6.92 Å². The zero-order valence-corrected chi connectivity index (χ0v) is 7.12. The Labute approximate surface area is 55.8 Å². The summed E-state index contributed by atoms with van der Waals surface area (Å²) in [6.07, 6.45) is 2.41. The van der Waals surface area contributed by atoms with Gasteiger partial charge in [0.1, 0.15) is 0 Å². The van der Waals surface area contributed by atoms with Gasteiger partial charge in [-0.2, -0.15) is 22.2 Å². The lowest BCUT2D eigenvalue weighted by molar-refractivity contribution is 0.881. The van der Waals surface area contributed by atoms with Crippen molar-refractivity contribution in [1.29, 1.82) is 0 Å². The highest BCUT2D eigenvalue weighted by Crippen LogP contribution is 2.07. The molecule has 0 aromatic carbocycles. The largest absolute Gasteiger partial charge is 0.237 e. The molecule has 0 bridgehead atoms. The second-order valence-electron chi connectivity index (χ2n) is 1.53. The zero-order chi connectivity index (χ0) is 5.70. The molecule has 0 fully saturated rings. The second kappa shape index (κ2) is 4.94. The van der Waals surface area contributed by atoms with Crippen LogP contribution in [0.3, 0.4) is 0 Å². The minimum Gasteiger partial charge on any atom is -0.150 e. The van der Waals surface area contributed by atoms with Crippen molar-refractivity contribution in [2.24, 2.45) is 0 Å². The van der Waals surface area contributed by atoms with Crippen LogP contribution in [-0.2, 0) is 0 Å². The monoisotopic (exact) mass is 156 g/mol. The molecule has 0 spiro atoms. The summed E-state index contributed by atoms with van der Waals surface area (Å²) in [5.41, 5.74) is 0. The first-order valence-electron chi connectivity index (χ1n) is 2.55. The number of halogens is 2. The number of unbranched alkanes of at least 4 members (excludes halogenated alkanes) is 1. The molecular weight excluding hydrogens is 147 g/mol. The molecule has 7 heavy (non-hydrogen) atoms. The molecule has 0 nitrogen and oxygen atoms in total. The van der Waals surface area contributed by atoms with Crippen molar-refractivity contribution in [3.05, 3.63) is 0 Å². The molecule has 0 unspecified atom stereocenters. The summed E-state index contributed by atoms with van der Waals surface area (Å²) in [5, 5.41) is 0. The number of hydrogen-bond acceptors (Lipinski definition) is 0. The van der Waals surface area contributed by atoms with Gasteiger partial charge in [-0.15, -0.1) is 0 Å². The molecule has 44 valence electrons. The molecule has 0 amide bonds. The van der Waals surface area contributed by atoms with Crippen LogP contribution in [0.4, 0.5) is 0 Å². The van der Waals surface area contributed by atoms with E-state index in [1.807, 2.05) is 0 Å². The third-order valence-corrected chi connectivity index (χ3v) is 2.93. The first-order chi connectivity index (χ1) is 3.27. The Morgan fingerprint density at radius 3 is 2.14 bits per heavy atom. The van der Waals surface area contributed by atoms with Crippen molar-refractivity contribution in [3.8, 4) is 0 Å². The first-order valence-corrected chi connectivity index (χ1v) is 6.86. The van der Waals surface area contributed by atoms with Crippen molar-refractivity contribution in [2.75, 3.05) is 0 Å². The third kappa shape index (κ3) is 6.80. The van der Waals surface area contributed by atoms with Crippen LogP contribution in [0.15, 0.2) is 0 Å². The molecule has 0 heterocycles. The Morgan fingerprint density at radius 2 is 2.00 bits per heavy atom. The standard InChI is InChI=1S/C4H10Cl2Si/c1-2-3-4-7(5)6/h7H,2-4H2,1H3. The van der Waals surface area contributed by atoms with Crippen molar-refractivity contribution < 1.29 is 0 Å². The minimum atomic E-state index is -1.24. The molecule has 0 aromatic rings. The smallest absolute Gasteiger partial charge is 0.150 e. The fourth-order valence-electron chi connectivity index (χ4n) is 0.358. The van der Waals surface area contributed by atoms with Gasteiger partial charge in [-0.25, -0.2) is 0 Å². The summed E-state index contributed by atoms with van der Waals surface area (Å²) >= 11 is 11.1. The Kier molecular flexibility index (Phi) is 5.51. The fourth-order valence-corrected chi connectivity index (χ4v) is 2.00. The maximum absolute atomic E-state index is 5.56. The van der Waals surface area contributed by atoms with Gasteiger partial charge in [-0.05, 0) is 6.04 Å². The van der Waals surface area contributed by atoms with Crippen LogP contribution in [0.1, 0.15) is 19.8 Å². The Morgan fingerprint density at radius 1 is 1.43 bits per heavy atom. The average molecular weight is 157 g/mol. The molecule has 0 rings (SSSR count). The SMILES string of the molecule is CCCC[SiH](Cl)Cl.